The maximum absolute atomic E-state index is 13.5. The molecule has 0 spiro atoms. The van der Waals surface area contributed by atoms with Gasteiger partial charge in [-0.25, -0.2) is 13.2 Å². The molecule has 6 nitrogen and oxygen atoms in total. The van der Waals surface area contributed by atoms with Gasteiger partial charge < -0.3 is 15.6 Å². The van der Waals surface area contributed by atoms with Crippen LogP contribution in [0.1, 0.15) is 32.6 Å². The zero-order chi connectivity index (χ0) is 22.9. The molecule has 0 amide bonds. The van der Waals surface area contributed by atoms with E-state index in [1.165, 1.54) is 26.2 Å². The molecule has 0 unspecified atom stereocenters. The molecule has 0 aliphatic carbocycles. The zero-order valence-corrected chi connectivity index (χ0v) is 19.7. The van der Waals surface area contributed by atoms with E-state index in [0.717, 1.165) is 10.0 Å². The number of hydrogen-bond acceptors (Lipinski definition) is 5. The summed E-state index contributed by atoms with van der Waals surface area (Å²) in [6, 6.07) is 13.4. The lowest BCUT2D eigenvalue weighted by Crippen LogP contribution is -2.17. The first kappa shape index (κ1) is 22.8. The largest absolute Gasteiger partial charge is 0.497 e. The third-order valence-corrected chi connectivity index (χ3v) is 7.83. The van der Waals surface area contributed by atoms with Crippen LogP contribution >= 0.6 is 15.9 Å². The zero-order valence-electron chi connectivity index (χ0n) is 17.3. The van der Waals surface area contributed by atoms with Gasteiger partial charge in [0.05, 0.1) is 28.2 Å². The smallest absolute Gasteiger partial charge is 0.338 e. The van der Waals surface area contributed by atoms with E-state index >= 15 is 0 Å². The quantitative estimate of drug-likeness (QED) is 0.468. The van der Waals surface area contributed by atoms with E-state index in [2.05, 4.69) is 15.9 Å². The maximum atomic E-state index is 13.5. The van der Waals surface area contributed by atoms with E-state index in [9.17, 15) is 18.3 Å². The molecule has 0 atom stereocenters. The number of nitrogen functional groups attached to an aromatic ring is 1. The Kier molecular flexibility index (Phi) is 6.43. The molecule has 0 aliphatic heterocycles. The van der Waals surface area contributed by atoms with Crippen molar-refractivity contribution in [2.75, 3.05) is 12.8 Å². The lowest BCUT2D eigenvalue weighted by atomic mass is 9.91. The molecule has 0 aromatic heterocycles. The van der Waals surface area contributed by atoms with Crippen LogP contribution in [0.4, 0.5) is 5.69 Å². The Balaban J connectivity index is 2.26. The Hall–Kier alpha value is -2.84. The Morgan fingerprint density at radius 1 is 1.03 bits per heavy atom. The number of methoxy groups -OCH3 is 1. The minimum atomic E-state index is -3.95. The van der Waals surface area contributed by atoms with Crippen LogP contribution in [0, 0.1) is 13.8 Å². The number of nitrogens with two attached hydrogens (primary N) is 1. The van der Waals surface area contributed by atoms with Crippen LogP contribution in [0.5, 0.6) is 5.75 Å². The summed E-state index contributed by atoms with van der Waals surface area (Å²) in [5, 5.41) is 9.84. The summed E-state index contributed by atoms with van der Waals surface area (Å²) < 4.78 is 33.0. The van der Waals surface area contributed by atoms with Crippen molar-refractivity contribution in [2.45, 2.75) is 30.1 Å². The second kappa shape index (κ2) is 8.72. The first-order chi connectivity index (χ1) is 14.6. The highest BCUT2D eigenvalue weighted by atomic mass is 79.9. The molecule has 31 heavy (non-hydrogen) atoms. The van der Waals surface area contributed by atoms with Crippen molar-refractivity contribution in [2.24, 2.45) is 0 Å². The van der Waals surface area contributed by atoms with E-state index in [-0.39, 0.29) is 33.0 Å². The number of aromatic carboxylic acids is 1. The molecule has 3 aromatic carbocycles. The molecule has 0 fully saturated rings. The predicted molar refractivity (Wildman–Crippen MR) is 123 cm³/mol. The Morgan fingerprint density at radius 3 is 2.13 bits per heavy atom. The van der Waals surface area contributed by atoms with Crippen molar-refractivity contribution >= 4 is 37.4 Å². The standard InChI is InChI=1S/C23H22BrNO5S/c1-13-19(12-15-4-6-16(24)7-5-15)20(23(26)27)21(25)14(2)22(13)31(28,29)18-10-8-17(30-3)9-11-18/h4-11H,12,25H2,1-3H3,(H,26,27). The van der Waals surface area contributed by atoms with Gasteiger partial charge in [-0.2, -0.15) is 0 Å². The van der Waals surface area contributed by atoms with Crippen LogP contribution in [-0.2, 0) is 16.3 Å². The summed E-state index contributed by atoms with van der Waals surface area (Å²) >= 11 is 3.38. The van der Waals surface area contributed by atoms with Crippen LogP contribution in [0.2, 0.25) is 0 Å². The van der Waals surface area contributed by atoms with Crippen molar-refractivity contribution in [1.29, 1.82) is 0 Å². The highest BCUT2D eigenvalue weighted by Crippen LogP contribution is 2.37. The summed E-state index contributed by atoms with van der Waals surface area (Å²) in [5.41, 5.74) is 7.89. The fourth-order valence-electron chi connectivity index (χ4n) is 3.63. The minimum absolute atomic E-state index is 0.0345. The highest BCUT2D eigenvalue weighted by molar-refractivity contribution is 9.10. The molecule has 0 saturated heterocycles. The number of anilines is 1. The van der Waals surface area contributed by atoms with Gasteiger partial charge in [-0.1, -0.05) is 28.1 Å². The molecule has 0 heterocycles. The molecular formula is C23H22BrNO5S. The molecule has 0 saturated carbocycles. The van der Waals surface area contributed by atoms with E-state index in [0.29, 0.717) is 16.9 Å². The molecule has 0 aliphatic rings. The lowest BCUT2D eigenvalue weighted by Gasteiger charge is -2.20. The minimum Gasteiger partial charge on any atom is -0.497 e. The summed E-state index contributed by atoms with van der Waals surface area (Å²) in [7, 11) is -2.45. The summed E-state index contributed by atoms with van der Waals surface area (Å²) in [4.78, 5) is 12.2. The first-order valence-corrected chi connectivity index (χ1v) is 11.6. The van der Waals surface area contributed by atoms with Gasteiger partial charge in [0.1, 0.15) is 5.75 Å². The van der Waals surface area contributed by atoms with Crippen LogP contribution in [-0.4, -0.2) is 26.6 Å². The van der Waals surface area contributed by atoms with Gasteiger partial charge in [0.15, 0.2) is 0 Å². The second-order valence-electron chi connectivity index (χ2n) is 7.13. The number of carbonyl (C=O) groups is 1. The second-order valence-corrected chi connectivity index (χ2v) is 9.94. The number of ether oxygens (including phenoxy) is 1. The van der Waals surface area contributed by atoms with Crippen molar-refractivity contribution < 1.29 is 23.1 Å². The molecule has 3 N–H and O–H groups in total. The lowest BCUT2D eigenvalue weighted by molar-refractivity contribution is 0.0696. The summed E-state index contributed by atoms with van der Waals surface area (Å²) in [6.07, 6.45) is 0.232. The molecule has 3 aromatic rings. The molecule has 0 radical (unpaired) electrons. The number of hydrogen-bond donors (Lipinski definition) is 2. The average molecular weight is 504 g/mol. The monoisotopic (exact) mass is 503 g/mol. The third-order valence-electron chi connectivity index (χ3n) is 5.26. The average Bonchev–Trinajstić information content (AvgIpc) is 2.73. The van der Waals surface area contributed by atoms with E-state index in [1.54, 1.807) is 19.1 Å². The van der Waals surface area contributed by atoms with Gasteiger partial charge in [0.2, 0.25) is 9.84 Å². The molecular weight excluding hydrogens is 482 g/mol. The molecule has 162 valence electrons. The van der Waals surface area contributed by atoms with E-state index in [4.69, 9.17) is 10.5 Å². The predicted octanol–water partition coefficient (Wildman–Crippen LogP) is 4.78. The third kappa shape index (κ3) is 4.31. The van der Waals surface area contributed by atoms with Crippen LogP contribution in [0.3, 0.4) is 0 Å². The van der Waals surface area contributed by atoms with Crippen LogP contribution in [0.15, 0.2) is 62.8 Å². The number of carboxylic acid groups (broad SMARTS) is 1. The number of carboxylic acids is 1. The van der Waals surface area contributed by atoms with Crippen molar-refractivity contribution in [3.05, 3.63) is 80.8 Å². The van der Waals surface area contributed by atoms with Crippen molar-refractivity contribution in [1.82, 2.24) is 0 Å². The molecule has 3 rings (SSSR count). The Bertz CT molecular complexity index is 1250. The fourth-order valence-corrected chi connectivity index (χ4v) is 5.66. The summed E-state index contributed by atoms with van der Waals surface area (Å²) in [5.74, 6) is -0.659. The number of benzene rings is 3. The molecule has 0 bridgehead atoms. The van der Waals surface area contributed by atoms with Gasteiger partial charge in [-0.05, 0) is 78.9 Å². The van der Waals surface area contributed by atoms with Gasteiger partial charge in [0, 0.05) is 4.47 Å². The van der Waals surface area contributed by atoms with E-state index < -0.39 is 15.8 Å². The van der Waals surface area contributed by atoms with Crippen LogP contribution in [0.25, 0.3) is 0 Å². The maximum Gasteiger partial charge on any atom is 0.338 e. The van der Waals surface area contributed by atoms with E-state index in [1.807, 2.05) is 24.3 Å². The first-order valence-electron chi connectivity index (χ1n) is 9.36. The topological polar surface area (TPSA) is 107 Å². The Labute approximate surface area is 189 Å². The Morgan fingerprint density at radius 2 is 1.61 bits per heavy atom. The fraction of sp³-hybridized carbons (Fsp3) is 0.174. The molecule has 8 heteroatoms. The summed E-state index contributed by atoms with van der Waals surface area (Å²) in [6.45, 7) is 3.16. The number of halogens is 1. The normalized spacial score (nSPS) is 11.4. The SMILES string of the molecule is COc1ccc(S(=O)(=O)c2c(C)c(N)c(C(=O)O)c(Cc3ccc(Br)cc3)c2C)cc1. The van der Waals surface area contributed by atoms with Crippen molar-refractivity contribution in [3.63, 3.8) is 0 Å². The number of rotatable bonds is 6. The van der Waals surface area contributed by atoms with Gasteiger partial charge in [-0.15, -0.1) is 0 Å². The van der Waals surface area contributed by atoms with Gasteiger partial charge >= 0.3 is 5.97 Å². The highest BCUT2D eigenvalue weighted by Gasteiger charge is 2.30. The van der Waals surface area contributed by atoms with Gasteiger partial charge in [0.25, 0.3) is 0 Å². The van der Waals surface area contributed by atoms with Crippen molar-refractivity contribution in [3.8, 4) is 5.75 Å². The van der Waals surface area contributed by atoms with Gasteiger partial charge in [-0.3, -0.25) is 0 Å². The number of sulfone groups is 1. The van der Waals surface area contributed by atoms with Crippen LogP contribution < -0.4 is 10.5 Å².